The maximum Gasteiger partial charge on any atom is 0.371 e. The number of carboxylic acids is 1. The van der Waals surface area contributed by atoms with E-state index in [4.69, 9.17) is 9.52 Å². The van der Waals surface area contributed by atoms with E-state index in [1.165, 1.54) is 24.5 Å². The lowest BCUT2D eigenvalue weighted by molar-refractivity contribution is 0.0656. The second kappa shape index (κ2) is 4.23. The number of aromatic carboxylic acids is 1. The number of carbonyl (C=O) groups is 1. The summed E-state index contributed by atoms with van der Waals surface area (Å²) in [6, 6.07) is 2.80. The molecule has 2 rings (SSSR count). The molecule has 0 aliphatic carbocycles. The van der Waals surface area contributed by atoms with Crippen LogP contribution in [-0.4, -0.2) is 21.0 Å². The van der Waals surface area contributed by atoms with Gasteiger partial charge in [0.15, 0.2) is 10.1 Å². The first-order valence-electron chi connectivity index (χ1n) is 4.21. The number of hydrogen-bond acceptors (Lipinski definition) is 5. The number of H-pyrrole nitrogens is 1. The Balaban J connectivity index is 2.24. The van der Waals surface area contributed by atoms with E-state index in [9.17, 15) is 9.59 Å². The number of hydrogen-bond donors (Lipinski definition) is 2. The molecule has 16 heavy (non-hydrogen) atoms. The lowest BCUT2D eigenvalue weighted by Gasteiger charge is -1.94. The van der Waals surface area contributed by atoms with Crippen LogP contribution in [0.1, 0.15) is 10.6 Å². The van der Waals surface area contributed by atoms with Crippen molar-refractivity contribution in [2.24, 2.45) is 0 Å². The summed E-state index contributed by atoms with van der Waals surface area (Å²) in [4.78, 5) is 28.1. The summed E-state index contributed by atoms with van der Waals surface area (Å²) in [5, 5.41) is 9.14. The molecule has 2 heterocycles. The lowest BCUT2D eigenvalue weighted by Crippen LogP contribution is -2.08. The fourth-order valence-corrected chi connectivity index (χ4v) is 1.72. The highest BCUT2D eigenvalue weighted by atomic mass is 32.2. The molecule has 0 unspecified atom stereocenters. The lowest BCUT2D eigenvalue weighted by atomic mass is 10.5. The van der Waals surface area contributed by atoms with E-state index in [0.717, 1.165) is 11.8 Å². The molecule has 0 saturated heterocycles. The molecule has 2 aromatic heterocycles. The zero-order chi connectivity index (χ0) is 11.5. The molecular formula is C9H6N2O4S. The van der Waals surface area contributed by atoms with Gasteiger partial charge in [0.05, 0.1) is 0 Å². The third-order valence-corrected chi connectivity index (χ3v) is 2.57. The van der Waals surface area contributed by atoms with Crippen LogP contribution in [0, 0.1) is 0 Å². The minimum atomic E-state index is -1.15. The van der Waals surface area contributed by atoms with E-state index in [-0.39, 0.29) is 16.3 Å². The van der Waals surface area contributed by atoms with Crippen LogP contribution < -0.4 is 5.56 Å². The van der Waals surface area contributed by atoms with Gasteiger partial charge < -0.3 is 14.5 Å². The number of nitrogens with one attached hydrogen (secondary N) is 1. The number of furan rings is 1. The third-order valence-electron chi connectivity index (χ3n) is 1.66. The van der Waals surface area contributed by atoms with Gasteiger partial charge in [0.1, 0.15) is 0 Å². The molecule has 6 nitrogen and oxygen atoms in total. The molecule has 0 radical (unpaired) electrons. The summed E-state index contributed by atoms with van der Waals surface area (Å²) in [5.41, 5.74) is -0.347. The number of aromatic nitrogens is 2. The predicted octanol–water partition coefficient (Wildman–Crippen LogP) is 1.21. The Hall–Kier alpha value is -2.02. The van der Waals surface area contributed by atoms with E-state index in [1.54, 1.807) is 0 Å². The first-order valence-corrected chi connectivity index (χ1v) is 5.03. The van der Waals surface area contributed by atoms with Crippen molar-refractivity contribution >= 4 is 17.7 Å². The number of rotatable bonds is 3. The number of nitrogens with zero attached hydrogens (tertiary/aromatic N) is 1. The maximum atomic E-state index is 11.3. The fraction of sp³-hybridized carbons (Fsp3) is 0. The highest BCUT2D eigenvalue weighted by Crippen LogP contribution is 2.25. The second-order valence-electron chi connectivity index (χ2n) is 2.75. The van der Waals surface area contributed by atoms with Gasteiger partial charge in [0.2, 0.25) is 5.76 Å². The van der Waals surface area contributed by atoms with Crippen LogP contribution in [0.3, 0.4) is 0 Å². The topological polar surface area (TPSA) is 96.2 Å². The first-order chi connectivity index (χ1) is 7.66. The molecule has 0 amide bonds. The normalized spacial score (nSPS) is 10.2. The Morgan fingerprint density at radius 3 is 2.94 bits per heavy atom. The monoisotopic (exact) mass is 238 g/mol. The van der Waals surface area contributed by atoms with Crippen LogP contribution in [0.4, 0.5) is 0 Å². The predicted molar refractivity (Wildman–Crippen MR) is 54.6 cm³/mol. The molecule has 0 fully saturated rings. The molecule has 0 spiro atoms. The molecule has 7 heteroatoms. The summed E-state index contributed by atoms with van der Waals surface area (Å²) in [7, 11) is 0. The molecule has 2 N–H and O–H groups in total. The van der Waals surface area contributed by atoms with E-state index < -0.39 is 5.97 Å². The summed E-state index contributed by atoms with van der Waals surface area (Å²) in [5.74, 6) is -1.32. The quantitative estimate of drug-likeness (QED) is 0.834. The van der Waals surface area contributed by atoms with Crippen LogP contribution in [0.25, 0.3) is 0 Å². The second-order valence-corrected chi connectivity index (χ2v) is 3.74. The van der Waals surface area contributed by atoms with Gasteiger partial charge in [0.25, 0.3) is 5.56 Å². The zero-order valence-corrected chi connectivity index (χ0v) is 8.65. The Morgan fingerprint density at radius 1 is 1.50 bits per heavy atom. The molecule has 0 saturated carbocycles. The number of aromatic amines is 1. The maximum absolute atomic E-state index is 11.3. The fourth-order valence-electron chi connectivity index (χ4n) is 0.996. The Morgan fingerprint density at radius 2 is 2.31 bits per heavy atom. The van der Waals surface area contributed by atoms with Gasteiger partial charge in [-0.25, -0.2) is 9.78 Å². The van der Waals surface area contributed by atoms with Crippen molar-refractivity contribution in [2.75, 3.05) is 0 Å². The van der Waals surface area contributed by atoms with Gasteiger partial charge in [0, 0.05) is 12.4 Å². The summed E-state index contributed by atoms with van der Waals surface area (Å²) in [6.07, 6.45) is 2.85. The van der Waals surface area contributed by atoms with E-state index in [0.29, 0.717) is 5.09 Å². The van der Waals surface area contributed by atoms with Crippen LogP contribution in [0.2, 0.25) is 0 Å². The highest BCUT2D eigenvalue weighted by molar-refractivity contribution is 7.99. The van der Waals surface area contributed by atoms with Crippen LogP contribution in [0.15, 0.2) is 43.9 Å². The van der Waals surface area contributed by atoms with Gasteiger partial charge in [-0.3, -0.25) is 4.79 Å². The van der Waals surface area contributed by atoms with Crippen molar-refractivity contribution in [1.82, 2.24) is 9.97 Å². The van der Waals surface area contributed by atoms with Crippen LogP contribution in [-0.2, 0) is 0 Å². The largest absolute Gasteiger partial charge is 0.475 e. The molecule has 0 bridgehead atoms. The molecule has 0 aromatic carbocycles. The van der Waals surface area contributed by atoms with E-state index in [1.807, 2.05) is 0 Å². The third kappa shape index (κ3) is 2.14. The van der Waals surface area contributed by atoms with E-state index >= 15 is 0 Å². The molecule has 0 atom stereocenters. The van der Waals surface area contributed by atoms with Crippen molar-refractivity contribution in [2.45, 2.75) is 10.1 Å². The van der Waals surface area contributed by atoms with Gasteiger partial charge in [-0.2, -0.15) is 0 Å². The minimum absolute atomic E-state index is 0.171. The van der Waals surface area contributed by atoms with Gasteiger partial charge in [-0.05, 0) is 23.9 Å². The van der Waals surface area contributed by atoms with Crippen LogP contribution >= 0.6 is 11.8 Å². The van der Waals surface area contributed by atoms with Crippen molar-refractivity contribution in [1.29, 1.82) is 0 Å². The Labute approximate surface area is 93.3 Å². The Bertz CT molecular complexity index is 575. The van der Waals surface area contributed by atoms with Crippen molar-refractivity contribution in [3.05, 3.63) is 40.6 Å². The van der Waals surface area contributed by atoms with Crippen LogP contribution in [0.5, 0.6) is 0 Å². The van der Waals surface area contributed by atoms with Gasteiger partial charge in [-0.15, -0.1) is 0 Å². The molecule has 0 aliphatic rings. The van der Waals surface area contributed by atoms with Crippen molar-refractivity contribution in [3.8, 4) is 0 Å². The average Bonchev–Trinajstić information content (AvgIpc) is 2.70. The molecule has 82 valence electrons. The minimum Gasteiger partial charge on any atom is -0.475 e. The van der Waals surface area contributed by atoms with Crippen molar-refractivity contribution < 1.29 is 14.3 Å². The molecule has 2 aromatic rings. The van der Waals surface area contributed by atoms with Gasteiger partial charge in [-0.1, -0.05) is 0 Å². The molecular weight excluding hydrogens is 232 g/mol. The van der Waals surface area contributed by atoms with E-state index in [2.05, 4.69) is 9.97 Å². The summed E-state index contributed by atoms with van der Waals surface area (Å²) < 4.78 is 4.97. The summed E-state index contributed by atoms with van der Waals surface area (Å²) >= 11 is 0.968. The SMILES string of the molecule is O=C(O)c1ccc(Sc2ncc[nH]c2=O)o1. The van der Waals surface area contributed by atoms with Crippen molar-refractivity contribution in [3.63, 3.8) is 0 Å². The standard InChI is InChI=1S/C9H6N2O4S/c12-7-8(11-4-3-10-7)16-6-2-1-5(15-6)9(13)14/h1-4H,(H,10,12)(H,13,14). The zero-order valence-electron chi connectivity index (χ0n) is 7.84. The average molecular weight is 238 g/mol. The first kappa shape index (κ1) is 10.5. The summed E-state index contributed by atoms with van der Waals surface area (Å²) in [6.45, 7) is 0. The highest BCUT2D eigenvalue weighted by Gasteiger charge is 2.11. The molecule has 0 aliphatic heterocycles. The Kier molecular flexibility index (Phi) is 2.78. The van der Waals surface area contributed by atoms with Gasteiger partial charge >= 0.3 is 5.97 Å². The smallest absolute Gasteiger partial charge is 0.371 e. The number of carboxylic acid groups (broad SMARTS) is 1.